The lowest BCUT2D eigenvalue weighted by atomic mass is 9.93. The van der Waals surface area contributed by atoms with Crippen molar-refractivity contribution in [2.24, 2.45) is 0 Å². The maximum atomic E-state index is 15.1. The summed E-state index contributed by atoms with van der Waals surface area (Å²) in [7, 11) is 0. The predicted octanol–water partition coefficient (Wildman–Crippen LogP) is 5.82. The number of carbonyl (C=O) groups is 1. The van der Waals surface area contributed by atoms with Gasteiger partial charge < -0.3 is 10.1 Å². The lowest BCUT2D eigenvalue weighted by molar-refractivity contribution is -0.141. The Labute approximate surface area is 202 Å². The number of nitrogens with one attached hydrogen (secondary N) is 1. The molecule has 3 rings (SSSR count). The third-order valence-corrected chi connectivity index (χ3v) is 5.44. The summed E-state index contributed by atoms with van der Waals surface area (Å²) in [5, 5.41) is 2.47. The highest BCUT2D eigenvalue weighted by atomic mass is 35.5. The second-order valence-corrected chi connectivity index (χ2v) is 7.83. The van der Waals surface area contributed by atoms with Crippen molar-refractivity contribution in [1.29, 1.82) is 0 Å². The van der Waals surface area contributed by atoms with E-state index in [9.17, 15) is 18.0 Å². The van der Waals surface area contributed by atoms with Crippen LogP contribution in [-0.2, 0) is 17.5 Å². The van der Waals surface area contributed by atoms with Gasteiger partial charge in [-0.15, -0.1) is 0 Å². The van der Waals surface area contributed by atoms with E-state index < -0.39 is 29.5 Å². The van der Waals surface area contributed by atoms with Crippen LogP contribution in [-0.4, -0.2) is 27.5 Å². The van der Waals surface area contributed by atoms with Crippen LogP contribution in [0, 0.1) is 5.82 Å². The van der Waals surface area contributed by atoms with Crippen LogP contribution in [0.2, 0.25) is 10.2 Å². The van der Waals surface area contributed by atoms with Crippen LogP contribution in [0.5, 0.6) is 5.75 Å². The number of carbonyl (C=O) groups excluding carboxylic acids is 1. The maximum absolute atomic E-state index is 15.1. The normalized spacial score (nSPS) is 12.4. The molecule has 0 saturated heterocycles. The Kier molecular flexibility index (Phi) is 7.93. The Morgan fingerprint density at radius 3 is 2.47 bits per heavy atom. The van der Waals surface area contributed by atoms with Gasteiger partial charge in [0.25, 0.3) is 0 Å². The first kappa shape index (κ1) is 25.6. The highest BCUT2D eigenvalue weighted by molar-refractivity contribution is 6.31. The molecule has 2 heterocycles. The Bertz CT molecular complexity index is 1190. The molecular formula is C22H18Cl2F4N4O2. The van der Waals surface area contributed by atoms with Crippen LogP contribution in [0.4, 0.5) is 17.6 Å². The number of aromatic nitrogens is 3. The van der Waals surface area contributed by atoms with Crippen LogP contribution < -0.4 is 10.1 Å². The zero-order chi connectivity index (χ0) is 25.0. The van der Waals surface area contributed by atoms with E-state index in [1.807, 2.05) is 0 Å². The minimum absolute atomic E-state index is 0.00950. The van der Waals surface area contributed by atoms with Gasteiger partial charge in [0.15, 0.2) is 11.0 Å². The molecule has 2 aromatic heterocycles. The van der Waals surface area contributed by atoms with E-state index in [0.29, 0.717) is 5.69 Å². The average molecular weight is 517 g/mol. The number of nitrogens with zero attached hydrogens (tertiary/aromatic N) is 3. The summed E-state index contributed by atoms with van der Waals surface area (Å²) in [6.07, 6.45) is -0.945. The monoisotopic (exact) mass is 516 g/mol. The molecule has 1 atom stereocenters. The van der Waals surface area contributed by atoms with Crippen molar-refractivity contribution in [2.45, 2.75) is 32.5 Å². The maximum Gasteiger partial charge on any atom is 0.433 e. The van der Waals surface area contributed by atoms with E-state index >= 15 is 4.39 Å². The number of alkyl halides is 3. The minimum atomic E-state index is -4.65. The van der Waals surface area contributed by atoms with Crippen LogP contribution in [0.15, 0.2) is 36.8 Å². The molecule has 1 aromatic carbocycles. The van der Waals surface area contributed by atoms with E-state index in [-0.39, 0.29) is 45.8 Å². The van der Waals surface area contributed by atoms with Crippen molar-refractivity contribution in [1.82, 2.24) is 20.3 Å². The summed E-state index contributed by atoms with van der Waals surface area (Å²) in [5.74, 6) is -2.28. The van der Waals surface area contributed by atoms with Crippen molar-refractivity contribution in [3.63, 3.8) is 0 Å². The molecule has 0 aliphatic carbocycles. The predicted molar refractivity (Wildman–Crippen MR) is 118 cm³/mol. The quantitative estimate of drug-likeness (QED) is 0.400. The first-order valence-corrected chi connectivity index (χ1v) is 10.7. The van der Waals surface area contributed by atoms with Crippen LogP contribution in [0.25, 0.3) is 11.1 Å². The third-order valence-electron chi connectivity index (χ3n) is 4.84. The van der Waals surface area contributed by atoms with E-state index in [2.05, 4.69) is 20.3 Å². The summed E-state index contributed by atoms with van der Waals surface area (Å²) in [6.45, 7) is 3.28. The zero-order valence-corrected chi connectivity index (χ0v) is 19.4. The molecule has 0 aliphatic rings. The molecule has 0 bridgehead atoms. The fraction of sp³-hybridized carbons (Fsp3) is 0.273. The molecule has 0 spiro atoms. The third kappa shape index (κ3) is 5.56. The van der Waals surface area contributed by atoms with E-state index in [1.54, 1.807) is 13.8 Å². The number of hydrogen-bond acceptors (Lipinski definition) is 5. The second-order valence-electron chi connectivity index (χ2n) is 7.06. The molecule has 0 fully saturated rings. The molecule has 0 aliphatic heterocycles. The first-order valence-electron chi connectivity index (χ1n) is 9.96. The number of rotatable bonds is 7. The molecule has 6 nitrogen and oxygen atoms in total. The topological polar surface area (TPSA) is 77.0 Å². The Morgan fingerprint density at radius 1 is 1.18 bits per heavy atom. The molecular weight excluding hydrogens is 499 g/mol. The van der Waals surface area contributed by atoms with Crippen LogP contribution in [0.3, 0.4) is 0 Å². The zero-order valence-electron chi connectivity index (χ0n) is 17.9. The van der Waals surface area contributed by atoms with Crippen molar-refractivity contribution in [3.05, 3.63) is 69.7 Å². The molecule has 3 aromatic rings. The Hall–Kier alpha value is -2.98. The van der Waals surface area contributed by atoms with Gasteiger partial charge in [0, 0.05) is 29.7 Å². The minimum Gasteiger partial charge on any atom is -0.493 e. The molecule has 180 valence electrons. The van der Waals surface area contributed by atoms with Gasteiger partial charge >= 0.3 is 6.18 Å². The molecule has 0 radical (unpaired) electrons. The van der Waals surface area contributed by atoms with Gasteiger partial charge in [-0.25, -0.2) is 9.37 Å². The number of pyridine rings is 1. The summed E-state index contributed by atoms with van der Waals surface area (Å²) in [6, 6.07) is 3.05. The van der Waals surface area contributed by atoms with Crippen LogP contribution in [0.1, 0.15) is 36.7 Å². The number of halogens is 6. The van der Waals surface area contributed by atoms with Gasteiger partial charge in [-0.1, -0.05) is 29.3 Å². The Balaban J connectivity index is 2.00. The largest absolute Gasteiger partial charge is 0.493 e. The summed E-state index contributed by atoms with van der Waals surface area (Å²) < 4.78 is 59.4. The average Bonchev–Trinajstić information content (AvgIpc) is 2.80. The van der Waals surface area contributed by atoms with Gasteiger partial charge in [0.2, 0.25) is 5.91 Å². The Morgan fingerprint density at radius 2 is 1.88 bits per heavy atom. The van der Waals surface area contributed by atoms with Crippen molar-refractivity contribution in [3.8, 4) is 16.9 Å². The van der Waals surface area contributed by atoms with Gasteiger partial charge in [-0.2, -0.15) is 13.2 Å². The molecule has 1 amide bonds. The van der Waals surface area contributed by atoms with E-state index in [0.717, 1.165) is 18.3 Å². The number of hydrogen-bond donors (Lipinski definition) is 1. The molecule has 34 heavy (non-hydrogen) atoms. The van der Waals surface area contributed by atoms with E-state index in [4.69, 9.17) is 27.9 Å². The highest BCUT2D eigenvalue weighted by Crippen LogP contribution is 2.42. The molecule has 1 N–H and O–H groups in total. The molecule has 1 unspecified atom stereocenters. The van der Waals surface area contributed by atoms with Crippen molar-refractivity contribution >= 4 is 29.1 Å². The summed E-state index contributed by atoms with van der Waals surface area (Å²) in [4.78, 5) is 24.2. The fourth-order valence-corrected chi connectivity index (χ4v) is 3.54. The van der Waals surface area contributed by atoms with Crippen molar-refractivity contribution < 1.29 is 27.1 Å². The number of amides is 1. The first-order chi connectivity index (χ1) is 16.0. The number of ether oxygens (including phenoxy) is 1. The smallest absolute Gasteiger partial charge is 0.433 e. The lowest BCUT2D eigenvalue weighted by Gasteiger charge is -2.21. The standard InChI is InChI=1S/C22H18Cl2F4N4O2/c1-3-34-19-13(11(2)21(33)32-10-15-20(24)30-7-6-29-15)8-14(23)18(25)17(19)12-4-5-16(31-9-12)22(26,27)28/h4-9,11H,3,10H2,1-2H3,(H,32,33). The molecule has 0 saturated carbocycles. The second kappa shape index (κ2) is 10.5. The van der Waals surface area contributed by atoms with Crippen LogP contribution >= 0.6 is 23.2 Å². The van der Waals surface area contributed by atoms with E-state index in [1.165, 1.54) is 18.5 Å². The molecule has 12 heteroatoms. The van der Waals surface area contributed by atoms with Gasteiger partial charge in [0.05, 0.1) is 35.3 Å². The summed E-state index contributed by atoms with van der Waals surface area (Å²) >= 11 is 12.0. The number of benzene rings is 1. The fourth-order valence-electron chi connectivity index (χ4n) is 3.15. The highest BCUT2D eigenvalue weighted by Gasteiger charge is 2.33. The van der Waals surface area contributed by atoms with Gasteiger partial charge in [-0.3, -0.25) is 14.8 Å². The van der Waals surface area contributed by atoms with Gasteiger partial charge in [-0.05, 0) is 26.0 Å². The summed E-state index contributed by atoms with van der Waals surface area (Å²) in [5.41, 5.74) is -0.722. The lowest BCUT2D eigenvalue weighted by Crippen LogP contribution is -2.28. The van der Waals surface area contributed by atoms with Crippen molar-refractivity contribution in [2.75, 3.05) is 6.61 Å². The van der Waals surface area contributed by atoms with Gasteiger partial charge in [0.1, 0.15) is 11.4 Å². The SMILES string of the molecule is CCOc1c(C(C)C(=O)NCc2nccnc2Cl)cc(Cl)c(F)c1-c1ccc(C(F)(F)F)nc1.